The van der Waals surface area contributed by atoms with Crippen molar-refractivity contribution in [2.75, 3.05) is 13.7 Å². The Kier molecular flexibility index (Phi) is 3.46. The van der Waals surface area contributed by atoms with Crippen LogP contribution in [0, 0.1) is 6.92 Å². The van der Waals surface area contributed by atoms with Crippen LogP contribution in [0.1, 0.15) is 17.2 Å². The van der Waals surface area contributed by atoms with Crippen LogP contribution in [0.5, 0.6) is 0 Å². The lowest BCUT2D eigenvalue weighted by atomic mass is 9.99. The number of nitrogens with zero attached hydrogens (tertiary/aromatic N) is 1. The topological polar surface area (TPSA) is 3.24 Å². The normalized spacial score (nSPS) is 20.6. The van der Waals surface area contributed by atoms with E-state index in [1.54, 1.807) is 0 Å². The molecule has 16 heavy (non-hydrogen) atoms. The Balaban J connectivity index is 2.29. The summed E-state index contributed by atoms with van der Waals surface area (Å²) in [5, 5.41) is 1.42. The summed E-state index contributed by atoms with van der Waals surface area (Å²) in [6.07, 6.45) is 6.82. The molecular weight excluding hydrogens is 213 g/mol. The Morgan fingerprint density at radius 1 is 1.25 bits per heavy atom. The smallest absolute Gasteiger partial charge is 0.0723 e. The van der Waals surface area contributed by atoms with Crippen molar-refractivity contribution in [1.29, 1.82) is 0 Å². The van der Waals surface area contributed by atoms with Gasteiger partial charge in [0.2, 0.25) is 0 Å². The lowest BCUT2D eigenvalue weighted by Gasteiger charge is -2.29. The molecule has 1 aromatic rings. The van der Waals surface area contributed by atoms with E-state index in [-0.39, 0.29) is 0 Å². The molecule has 2 unspecified atom stereocenters. The van der Waals surface area contributed by atoms with E-state index in [9.17, 15) is 0 Å². The van der Waals surface area contributed by atoms with E-state index in [1.807, 2.05) is 0 Å². The first-order valence-electron chi connectivity index (χ1n) is 5.57. The molecule has 0 fully saturated rings. The van der Waals surface area contributed by atoms with Gasteiger partial charge in [-0.3, -0.25) is 0 Å². The van der Waals surface area contributed by atoms with Crippen LogP contribution >= 0.6 is 8.58 Å². The highest BCUT2D eigenvalue weighted by atomic mass is 31.1. The van der Waals surface area contributed by atoms with Crippen LogP contribution in [-0.4, -0.2) is 18.6 Å². The average Bonchev–Trinajstić information content (AvgIpc) is 2.30. The Morgan fingerprint density at radius 2 is 2.00 bits per heavy atom. The van der Waals surface area contributed by atoms with Crippen molar-refractivity contribution in [2.45, 2.75) is 13.0 Å². The molecule has 0 spiro atoms. The molecule has 2 atom stereocenters. The Morgan fingerprint density at radius 3 is 2.62 bits per heavy atom. The fourth-order valence-corrected chi connectivity index (χ4v) is 2.66. The van der Waals surface area contributed by atoms with Gasteiger partial charge in [-0.1, -0.05) is 45.0 Å². The zero-order valence-corrected chi connectivity index (χ0v) is 11.1. The lowest BCUT2D eigenvalue weighted by Crippen LogP contribution is -2.20. The molecule has 0 radical (unpaired) electrons. The van der Waals surface area contributed by atoms with Crippen molar-refractivity contribution >= 4 is 8.58 Å². The second-order valence-electron chi connectivity index (χ2n) is 4.16. The fourth-order valence-electron chi connectivity index (χ4n) is 2.06. The van der Waals surface area contributed by atoms with Gasteiger partial charge < -0.3 is 4.90 Å². The summed E-state index contributed by atoms with van der Waals surface area (Å²) >= 11 is 0. The van der Waals surface area contributed by atoms with Crippen LogP contribution < -0.4 is 0 Å². The van der Waals surface area contributed by atoms with Crippen molar-refractivity contribution < 1.29 is 0 Å². The van der Waals surface area contributed by atoms with Gasteiger partial charge in [-0.2, -0.15) is 0 Å². The molecule has 0 aliphatic carbocycles. The van der Waals surface area contributed by atoms with E-state index in [4.69, 9.17) is 0 Å². The van der Waals surface area contributed by atoms with Gasteiger partial charge in [0.1, 0.15) is 0 Å². The van der Waals surface area contributed by atoms with Crippen LogP contribution in [0.25, 0.3) is 0 Å². The summed E-state index contributed by atoms with van der Waals surface area (Å²) in [7, 11) is 3.02. The van der Waals surface area contributed by atoms with Gasteiger partial charge in [-0.25, -0.2) is 0 Å². The third kappa shape index (κ3) is 2.20. The van der Waals surface area contributed by atoms with Gasteiger partial charge in [-0.05, 0) is 30.0 Å². The van der Waals surface area contributed by atoms with Crippen LogP contribution in [0.4, 0.5) is 0 Å². The van der Waals surface area contributed by atoms with Crippen molar-refractivity contribution in [3.8, 4) is 0 Å². The third-order valence-corrected chi connectivity index (χ3v) is 3.91. The summed E-state index contributed by atoms with van der Waals surface area (Å²) in [4.78, 5) is 2.30. The second-order valence-corrected chi connectivity index (χ2v) is 5.24. The maximum Gasteiger partial charge on any atom is 0.0723 e. The standard InChI is InChI=1S/C14H18NP/c1-11-6-4-5-7-13(11)14-9-8-12(16-3)10-15(14)2/h4-10,14,16H,1-3H3. The molecule has 0 aromatic heterocycles. The number of hydrogen-bond donors (Lipinski definition) is 0. The zero-order chi connectivity index (χ0) is 11.5. The molecule has 0 saturated carbocycles. The average molecular weight is 231 g/mol. The molecule has 1 aliphatic rings. The summed E-state index contributed by atoms with van der Waals surface area (Å²) < 4.78 is 0. The SMILES string of the molecule is CPC1=CN(C)C(c2ccccc2C)C=C1. The van der Waals surface area contributed by atoms with Crippen molar-refractivity contribution in [1.82, 2.24) is 4.90 Å². The predicted octanol–water partition coefficient (Wildman–Crippen LogP) is 3.69. The summed E-state index contributed by atoms with van der Waals surface area (Å²) in [6.45, 7) is 4.40. The second kappa shape index (κ2) is 4.84. The molecule has 1 aromatic carbocycles. The molecule has 1 nitrogen and oxygen atoms in total. The minimum Gasteiger partial charge on any atom is -0.369 e. The molecule has 0 amide bonds. The molecule has 1 heterocycles. The van der Waals surface area contributed by atoms with E-state index in [0.717, 1.165) is 8.58 Å². The number of rotatable bonds is 2. The number of aryl methyl sites for hydroxylation is 1. The summed E-state index contributed by atoms with van der Waals surface area (Å²) in [5.74, 6) is 0. The minimum atomic E-state index is 0.390. The van der Waals surface area contributed by atoms with Crippen LogP contribution in [-0.2, 0) is 0 Å². The molecule has 84 valence electrons. The lowest BCUT2D eigenvalue weighted by molar-refractivity contribution is 0.387. The van der Waals surface area contributed by atoms with Gasteiger partial charge >= 0.3 is 0 Å². The van der Waals surface area contributed by atoms with Crippen LogP contribution in [0.2, 0.25) is 0 Å². The Hall–Kier alpha value is -1.07. The number of benzene rings is 1. The molecule has 0 N–H and O–H groups in total. The first-order valence-corrected chi connectivity index (χ1v) is 7.07. The highest BCUT2D eigenvalue weighted by molar-refractivity contribution is 7.42. The maximum absolute atomic E-state index is 2.30. The van der Waals surface area contributed by atoms with Gasteiger partial charge in [-0.15, -0.1) is 0 Å². The fraction of sp³-hybridized carbons (Fsp3) is 0.286. The first-order chi connectivity index (χ1) is 7.72. The van der Waals surface area contributed by atoms with E-state index < -0.39 is 0 Å². The predicted molar refractivity (Wildman–Crippen MR) is 73.1 cm³/mol. The van der Waals surface area contributed by atoms with E-state index in [2.05, 4.69) is 68.2 Å². The third-order valence-electron chi connectivity index (χ3n) is 3.04. The number of allylic oxidation sites excluding steroid dienone is 2. The van der Waals surface area contributed by atoms with Gasteiger partial charge in [0, 0.05) is 13.2 Å². The number of likely N-dealkylation sites (N-methyl/N-ethyl adjacent to an activating group) is 1. The molecule has 1 aliphatic heterocycles. The first kappa shape index (κ1) is 11.4. The van der Waals surface area contributed by atoms with E-state index >= 15 is 0 Å². The van der Waals surface area contributed by atoms with Crippen molar-refractivity contribution in [2.24, 2.45) is 0 Å². The van der Waals surface area contributed by atoms with Crippen molar-refractivity contribution in [3.05, 3.63) is 59.1 Å². The molecule has 0 saturated heterocycles. The monoisotopic (exact) mass is 231 g/mol. The Bertz CT molecular complexity index is 434. The quantitative estimate of drug-likeness (QED) is 0.702. The van der Waals surface area contributed by atoms with Crippen LogP contribution in [0.15, 0.2) is 47.9 Å². The van der Waals surface area contributed by atoms with Gasteiger partial charge in [0.15, 0.2) is 0 Å². The van der Waals surface area contributed by atoms with Gasteiger partial charge in [0.05, 0.1) is 6.04 Å². The molecular formula is C14H18NP. The highest BCUT2D eigenvalue weighted by Crippen LogP contribution is 2.32. The van der Waals surface area contributed by atoms with Crippen molar-refractivity contribution in [3.63, 3.8) is 0 Å². The largest absolute Gasteiger partial charge is 0.369 e. The van der Waals surface area contributed by atoms with E-state index in [1.165, 1.54) is 16.4 Å². The van der Waals surface area contributed by atoms with E-state index in [0.29, 0.717) is 6.04 Å². The molecule has 2 heteroatoms. The molecule has 2 rings (SSSR count). The molecule has 0 bridgehead atoms. The Labute approximate surface area is 99.6 Å². The number of hydrogen-bond acceptors (Lipinski definition) is 1. The minimum absolute atomic E-state index is 0.390. The zero-order valence-electron chi connectivity index (χ0n) is 10.1. The highest BCUT2D eigenvalue weighted by Gasteiger charge is 2.16. The summed E-state index contributed by atoms with van der Waals surface area (Å²) in [6, 6.07) is 9.00. The van der Waals surface area contributed by atoms with Crippen LogP contribution in [0.3, 0.4) is 0 Å². The van der Waals surface area contributed by atoms with Gasteiger partial charge in [0.25, 0.3) is 0 Å². The maximum atomic E-state index is 2.30. The summed E-state index contributed by atoms with van der Waals surface area (Å²) in [5.41, 5.74) is 2.76.